The van der Waals surface area contributed by atoms with Gasteiger partial charge >= 0.3 is 0 Å². The van der Waals surface area contributed by atoms with Gasteiger partial charge in [0.15, 0.2) is 0 Å². The van der Waals surface area contributed by atoms with Gasteiger partial charge in [0.05, 0.1) is 11.3 Å². The van der Waals surface area contributed by atoms with Gasteiger partial charge in [-0.3, -0.25) is 4.79 Å². The molecule has 0 aliphatic carbocycles. The summed E-state index contributed by atoms with van der Waals surface area (Å²) in [5.41, 5.74) is 8.31. The van der Waals surface area contributed by atoms with Gasteiger partial charge in [-0.25, -0.2) is 0 Å². The van der Waals surface area contributed by atoms with Crippen LogP contribution in [0.4, 0.5) is 11.4 Å². The Balaban J connectivity index is 3.18. The van der Waals surface area contributed by atoms with Crippen molar-refractivity contribution in [2.24, 2.45) is 5.92 Å². The van der Waals surface area contributed by atoms with Crippen molar-refractivity contribution in [3.63, 3.8) is 0 Å². The van der Waals surface area contributed by atoms with Gasteiger partial charge in [0.25, 0.3) is 5.91 Å². The van der Waals surface area contributed by atoms with Gasteiger partial charge in [-0.15, -0.1) is 0 Å². The number of nitrogens with zero attached hydrogens (tertiary/aromatic N) is 2. The molecule has 1 rings (SSSR count). The first kappa shape index (κ1) is 17.3. The standard InChI is InChI=1S/C17H29N3O/c1-6-13(7-2)12-20(8-3)16-11-14(18)9-10-15(16)17(21)19(4)5/h9-11,13H,6-8,12,18H2,1-5H3. The summed E-state index contributed by atoms with van der Waals surface area (Å²) in [5, 5.41) is 0. The number of amides is 1. The second kappa shape index (κ2) is 7.91. The van der Waals surface area contributed by atoms with E-state index >= 15 is 0 Å². The highest BCUT2D eigenvalue weighted by molar-refractivity contribution is 6.00. The molecule has 2 N–H and O–H groups in total. The van der Waals surface area contributed by atoms with Crippen molar-refractivity contribution >= 4 is 17.3 Å². The Kier molecular flexibility index (Phi) is 6.53. The number of nitrogens with two attached hydrogens (primary N) is 1. The average molecular weight is 291 g/mol. The van der Waals surface area contributed by atoms with Gasteiger partial charge < -0.3 is 15.5 Å². The Morgan fingerprint density at radius 2 is 1.81 bits per heavy atom. The molecule has 0 radical (unpaired) electrons. The van der Waals surface area contributed by atoms with E-state index < -0.39 is 0 Å². The predicted molar refractivity (Wildman–Crippen MR) is 90.8 cm³/mol. The Bertz CT molecular complexity index is 467. The van der Waals surface area contributed by atoms with E-state index in [9.17, 15) is 4.79 Å². The van der Waals surface area contributed by atoms with Crippen molar-refractivity contribution in [1.29, 1.82) is 0 Å². The zero-order valence-corrected chi connectivity index (χ0v) is 14.0. The topological polar surface area (TPSA) is 49.6 Å². The van der Waals surface area contributed by atoms with Crippen molar-refractivity contribution in [3.05, 3.63) is 23.8 Å². The summed E-state index contributed by atoms with van der Waals surface area (Å²) in [7, 11) is 3.55. The summed E-state index contributed by atoms with van der Waals surface area (Å²) in [5.74, 6) is 0.654. The van der Waals surface area contributed by atoms with E-state index in [2.05, 4.69) is 25.7 Å². The molecule has 0 saturated carbocycles. The molecular formula is C17H29N3O. The fourth-order valence-electron chi connectivity index (χ4n) is 2.49. The van der Waals surface area contributed by atoms with Crippen LogP contribution in [-0.4, -0.2) is 38.0 Å². The summed E-state index contributed by atoms with van der Waals surface area (Å²) in [4.78, 5) is 16.3. The highest BCUT2D eigenvalue weighted by Gasteiger charge is 2.19. The summed E-state index contributed by atoms with van der Waals surface area (Å²) in [6.07, 6.45) is 2.29. The highest BCUT2D eigenvalue weighted by Crippen LogP contribution is 2.26. The number of hydrogen-bond donors (Lipinski definition) is 1. The Labute approximate surface area is 128 Å². The predicted octanol–water partition coefficient (Wildman–Crippen LogP) is 3.23. The number of anilines is 2. The minimum atomic E-state index is 0.0213. The molecule has 21 heavy (non-hydrogen) atoms. The largest absolute Gasteiger partial charge is 0.399 e. The first-order chi connectivity index (χ1) is 9.94. The van der Waals surface area contributed by atoms with E-state index in [1.807, 2.05) is 12.1 Å². The van der Waals surface area contributed by atoms with Gasteiger partial charge in [-0.1, -0.05) is 26.7 Å². The minimum absolute atomic E-state index is 0.0213. The molecular weight excluding hydrogens is 262 g/mol. The minimum Gasteiger partial charge on any atom is -0.399 e. The van der Waals surface area contributed by atoms with E-state index in [1.165, 1.54) is 0 Å². The van der Waals surface area contributed by atoms with Crippen LogP contribution in [0, 0.1) is 5.92 Å². The lowest BCUT2D eigenvalue weighted by atomic mass is 10.0. The number of rotatable bonds is 7. The van der Waals surface area contributed by atoms with E-state index in [0.717, 1.165) is 37.2 Å². The molecule has 0 atom stereocenters. The molecule has 0 fully saturated rings. The highest BCUT2D eigenvalue weighted by atomic mass is 16.2. The maximum absolute atomic E-state index is 12.4. The number of nitrogen functional groups attached to an aromatic ring is 1. The van der Waals surface area contributed by atoms with Crippen molar-refractivity contribution in [2.45, 2.75) is 33.6 Å². The van der Waals surface area contributed by atoms with E-state index in [4.69, 9.17) is 5.73 Å². The molecule has 0 spiro atoms. The fraction of sp³-hybridized carbons (Fsp3) is 0.588. The Hall–Kier alpha value is -1.71. The zero-order chi connectivity index (χ0) is 16.0. The summed E-state index contributed by atoms with van der Waals surface area (Å²) in [6, 6.07) is 5.55. The van der Waals surface area contributed by atoms with Crippen LogP contribution < -0.4 is 10.6 Å². The van der Waals surface area contributed by atoms with Gasteiger partial charge in [0, 0.05) is 32.9 Å². The molecule has 0 bridgehead atoms. The molecule has 0 aliphatic rings. The first-order valence-corrected chi connectivity index (χ1v) is 7.80. The molecule has 118 valence electrons. The van der Waals surface area contributed by atoms with E-state index in [-0.39, 0.29) is 5.91 Å². The van der Waals surface area contributed by atoms with Crippen LogP contribution in [0.3, 0.4) is 0 Å². The second-order valence-electron chi connectivity index (χ2n) is 5.70. The normalized spacial score (nSPS) is 10.8. The molecule has 1 aromatic rings. The van der Waals surface area contributed by atoms with Crippen molar-refractivity contribution in [2.75, 3.05) is 37.8 Å². The number of hydrogen-bond acceptors (Lipinski definition) is 3. The fourth-order valence-corrected chi connectivity index (χ4v) is 2.49. The summed E-state index contributed by atoms with van der Waals surface area (Å²) < 4.78 is 0. The summed E-state index contributed by atoms with van der Waals surface area (Å²) in [6.45, 7) is 8.38. The monoisotopic (exact) mass is 291 g/mol. The van der Waals surface area contributed by atoms with Crippen molar-refractivity contribution in [3.8, 4) is 0 Å². The lowest BCUT2D eigenvalue weighted by Crippen LogP contribution is -2.32. The number of carbonyl (C=O) groups excluding carboxylic acids is 1. The number of carbonyl (C=O) groups is 1. The van der Waals surface area contributed by atoms with Crippen molar-refractivity contribution in [1.82, 2.24) is 4.90 Å². The van der Waals surface area contributed by atoms with Gasteiger partial charge in [-0.2, -0.15) is 0 Å². The Morgan fingerprint density at radius 1 is 1.19 bits per heavy atom. The third-order valence-corrected chi connectivity index (χ3v) is 4.01. The zero-order valence-electron chi connectivity index (χ0n) is 14.0. The summed E-state index contributed by atoms with van der Waals surface area (Å²) >= 11 is 0. The third-order valence-electron chi connectivity index (χ3n) is 4.01. The van der Waals surface area contributed by atoms with E-state index in [1.54, 1.807) is 25.1 Å². The van der Waals surface area contributed by atoms with Crippen LogP contribution in [0.25, 0.3) is 0 Å². The van der Waals surface area contributed by atoms with Crippen molar-refractivity contribution < 1.29 is 4.79 Å². The SMILES string of the molecule is CCC(CC)CN(CC)c1cc(N)ccc1C(=O)N(C)C. The maximum atomic E-state index is 12.4. The van der Waals surface area contributed by atoms with Crippen LogP contribution in [0.15, 0.2) is 18.2 Å². The molecule has 4 nitrogen and oxygen atoms in total. The first-order valence-electron chi connectivity index (χ1n) is 7.80. The van der Waals surface area contributed by atoms with Crippen LogP contribution >= 0.6 is 0 Å². The molecule has 1 aromatic carbocycles. The quantitative estimate of drug-likeness (QED) is 0.785. The third kappa shape index (κ3) is 4.38. The molecule has 0 aromatic heterocycles. The van der Waals surface area contributed by atoms with Crippen LogP contribution in [0.1, 0.15) is 44.0 Å². The molecule has 0 aliphatic heterocycles. The number of benzene rings is 1. The molecule has 4 heteroatoms. The van der Waals surface area contributed by atoms with Crippen LogP contribution in [0.5, 0.6) is 0 Å². The molecule has 0 saturated heterocycles. The van der Waals surface area contributed by atoms with Crippen LogP contribution in [-0.2, 0) is 0 Å². The second-order valence-corrected chi connectivity index (χ2v) is 5.70. The van der Waals surface area contributed by atoms with Gasteiger partial charge in [-0.05, 0) is 31.0 Å². The average Bonchev–Trinajstić information content (AvgIpc) is 2.48. The van der Waals surface area contributed by atoms with Crippen LogP contribution in [0.2, 0.25) is 0 Å². The molecule has 1 amide bonds. The smallest absolute Gasteiger partial charge is 0.255 e. The maximum Gasteiger partial charge on any atom is 0.255 e. The van der Waals surface area contributed by atoms with E-state index in [0.29, 0.717) is 11.6 Å². The lowest BCUT2D eigenvalue weighted by molar-refractivity contribution is 0.0828. The Morgan fingerprint density at radius 3 is 2.29 bits per heavy atom. The van der Waals surface area contributed by atoms with Gasteiger partial charge in [0.1, 0.15) is 0 Å². The molecule has 0 unspecified atom stereocenters. The lowest BCUT2D eigenvalue weighted by Gasteiger charge is -2.30. The van der Waals surface area contributed by atoms with Gasteiger partial charge in [0.2, 0.25) is 0 Å². The molecule has 0 heterocycles.